The Morgan fingerprint density at radius 1 is 1.09 bits per heavy atom. The molecule has 3 heteroatoms. The summed E-state index contributed by atoms with van der Waals surface area (Å²) in [7, 11) is 1.66. The highest BCUT2D eigenvalue weighted by Gasteiger charge is 2.50. The van der Waals surface area contributed by atoms with Gasteiger partial charge in [0, 0.05) is 5.92 Å². The van der Waals surface area contributed by atoms with Gasteiger partial charge in [-0.15, -0.1) is 0 Å². The standard InChI is InChI=1S/C19H25NO2/c1-11-3-4-17(22-2)16(5-11)20-19(21)18-14-7-12-6-13(9-14)10-15(18)8-12/h3-5,12-15,18H,6-10H2,1-2H3,(H,20,21). The summed E-state index contributed by atoms with van der Waals surface area (Å²) in [6.07, 6.45) is 6.52. The van der Waals surface area contributed by atoms with Gasteiger partial charge in [-0.1, -0.05) is 6.07 Å². The Morgan fingerprint density at radius 2 is 1.73 bits per heavy atom. The summed E-state index contributed by atoms with van der Waals surface area (Å²) in [5.41, 5.74) is 1.96. The van der Waals surface area contributed by atoms with Crippen molar-refractivity contribution in [3.05, 3.63) is 23.8 Å². The van der Waals surface area contributed by atoms with Gasteiger partial charge < -0.3 is 10.1 Å². The molecule has 1 amide bonds. The number of aryl methyl sites for hydroxylation is 1. The van der Waals surface area contributed by atoms with Crippen LogP contribution in [0, 0.1) is 36.5 Å². The Hall–Kier alpha value is -1.51. The number of hydrogen-bond donors (Lipinski definition) is 1. The van der Waals surface area contributed by atoms with Crippen molar-refractivity contribution in [3.8, 4) is 5.75 Å². The van der Waals surface area contributed by atoms with Gasteiger partial charge in [-0.25, -0.2) is 0 Å². The summed E-state index contributed by atoms with van der Waals surface area (Å²) in [6.45, 7) is 2.04. The van der Waals surface area contributed by atoms with Crippen LogP contribution in [0.3, 0.4) is 0 Å². The van der Waals surface area contributed by atoms with Gasteiger partial charge in [0.2, 0.25) is 5.91 Å². The van der Waals surface area contributed by atoms with Crippen molar-refractivity contribution in [2.45, 2.75) is 39.0 Å². The fourth-order valence-electron chi connectivity index (χ4n) is 5.49. The molecular formula is C19H25NO2. The van der Waals surface area contributed by atoms with E-state index in [0.717, 1.165) is 28.8 Å². The molecule has 0 aromatic heterocycles. The predicted octanol–water partition coefficient (Wildman–Crippen LogP) is 4.01. The van der Waals surface area contributed by atoms with Crippen LogP contribution in [0.25, 0.3) is 0 Å². The second kappa shape index (κ2) is 5.29. The first-order valence-corrected chi connectivity index (χ1v) is 8.59. The summed E-state index contributed by atoms with van der Waals surface area (Å²) in [5.74, 6) is 4.23. The van der Waals surface area contributed by atoms with Gasteiger partial charge in [-0.3, -0.25) is 4.79 Å². The summed E-state index contributed by atoms with van der Waals surface area (Å²) < 4.78 is 5.39. The minimum atomic E-state index is 0.220. The molecule has 4 saturated carbocycles. The lowest BCUT2D eigenvalue weighted by atomic mass is 9.51. The molecule has 1 aromatic carbocycles. The fraction of sp³-hybridized carbons (Fsp3) is 0.632. The van der Waals surface area contributed by atoms with Crippen LogP contribution in [-0.4, -0.2) is 13.0 Å². The lowest BCUT2D eigenvalue weighted by Crippen LogP contribution is -2.49. The van der Waals surface area contributed by atoms with Crippen LogP contribution in [0.15, 0.2) is 18.2 Å². The number of amides is 1. The van der Waals surface area contributed by atoms with Crippen molar-refractivity contribution >= 4 is 11.6 Å². The van der Waals surface area contributed by atoms with Crippen LogP contribution in [0.5, 0.6) is 5.75 Å². The van der Waals surface area contributed by atoms with Crippen LogP contribution in [-0.2, 0) is 4.79 Å². The second-order valence-electron chi connectivity index (χ2n) is 7.65. The van der Waals surface area contributed by atoms with E-state index in [9.17, 15) is 4.79 Å². The Morgan fingerprint density at radius 3 is 2.32 bits per heavy atom. The minimum absolute atomic E-state index is 0.220. The number of rotatable bonds is 3. The molecule has 4 aliphatic carbocycles. The molecule has 4 fully saturated rings. The molecule has 0 aliphatic heterocycles. The Kier molecular flexibility index (Phi) is 3.39. The van der Waals surface area contributed by atoms with Crippen LogP contribution in [0.2, 0.25) is 0 Å². The van der Waals surface area contributed by atoms with E-state index in [1.54, 1.807) is 7.11 Å². The Bertz CT molecular complexity index is 567. The van der Waals surface area contributed by atoms with Crippen LogP contribution in [0.4, 0.5) is 5.69 Å². The molecule has 4 bridgehead atoms. The number of carbonyl (C=O) groups is 1. The third-order valence-corrected chi connectivity index (χ3v) is 6.14. The molecule has 4 aliphatic rings. The van der Waals surface area contributed by atoms with E-state index < -0.39 is 0 Å². The van der Waals surface area contributed by atoms with E-state index in [1.807, 2.05) is 25.1 Å². The third-order valence-electron chi connectivity index (χ3n) is 6.14. The number of hydrogen-bond acceptors (Lipinski definition) is 2. The van der Waals surface area contributed by atoms with E-state index >= 15 is 0 Å². The van der Waals surface area contributed by atoms with Gasteiger partial charge in [0.25, 0.3) is 0 Å². The zero-order valence-electron chi connectivity index (χ0n) is 13.5. The van der Waals surface area contributed by atoms with Gasteiger partial charge in [0.15, 0.2) is 0 Å². The molecule has 0 spiro atoms. The maximum Gasteiger partial charge on any atom is 0.228 e. The topological polar surface area (TPSA) is 38.3 Å². The van der Waals surface area contributed by atoms with Gasteiger partial charge in [0.1, 0.15) is 5.75 Å². The molecule has 0 heterocycles. The molecular weight excluding hydrogens is 274 g/mol. The summed E-state index contributed by atoms with van der Waals surface area (Å²) in [4.78, 5) is 12.9. The van der Waals surface area contributed by atoms with Gasteiger partial charge in [-0.05, 0) is 80.4 Å². The highest BCUT2D eigenvalue weighted by molar-refractivity contribution is 5.94. The molecule has 0 radical (unpaired) electrons. The smallest absolute Gasteiger partial charge is 0.228 e. The van der Waals surface area contributed by atoms with Crippen molar-refractivity contribution < 1.29 is 9.53 Å². The zero-order chi connectivity index (χ0) is 15.3. The Labute approximate surface area is 132 Å². The Balaban J connectivity index is 1.54. The number of methoxy groups -OCH3 is 1. The maximum absolute atomic E-state index is 12.9. The zero-order valence-corrected chi connectivity index (χ0v) is 13.5. The molecule has 0 saturated heterocycles. The first kappa shape index (κ1) is 14.1. The lowest BCUT2D eigenvalue weighted by Gasteiger charge is -2.53. The van der Waals surface area contributed by atoms with Crippen LogP contribution >= 0.6 is 0 Å². The van der Waals surface area contributed by atoms with Gasteiger partial charge in [-0.2, -0.15) is 0 Å². The second-order valence-corrected chi connectivity index (χ2v) is 7.65. The monoisotopic (exact) mass is 299 g/mol. The molecule has 1 N–H and O–H groups in total. The van der Waals surface area contributed by atoms with Crippen molar-refractivity contribution in [3.63, 3.8) is 0 Å². The number of ether oxygens (including phenoxy) is 1. The number of anilines is 1. The van der Waals surface area contributed by atoms with Crippen molar-refractivity contribution in [2.75, 3.05) is 12.4 Å². The summed E-state index contributed by atoms with van der Waals surface area (Å²) in [5, 5.41) is 3.17. The van der Waals surface area contributed by atoms with Crippen molar-refractivity contribution in [2.24, 2.45) is 29.6 Å². The van der Waals surface area contributed by atoms with Gasteiger partial charge >= 0.3 is 0 Å². The fourth-order valence-corrected chi connectivity index (χ4v) is 5.49. The van der Waals surface area contributed by atoms with Gasteiger partial charge in [0.05, 0.1) is 12.8 Å². The van der Waals surface area contributed by atoms with E-state index in [-0.39, 0.29) is 11.8 Å². The average molecular weight is 299 g/mol. The molecule has 5 rings (SSSR count). The predicted molar refractivity (Wildman–Crippen MR) is 86.9 cm³/mol. The third kappa shape index (κ3) is 2.31. The normalized spacial score (nSPS) is 35.5. The summed E-state index contributed by atoms with van der Waals surface area (Å²) >= 11 is 0. The largest absolute Gasteiger partial charge is 0.495 e. The first-order valence-electron chi connectivity index (χ1n) is 8.59. The highest BCUT2D eigenvalue weighted by Crippen LogP contribution is 2.56. The van der Waals surface area contributed by atoms with Crippen molar-refractivity contribution in [1.29, 1.82) is 0 Å². The van der Waals surface area contributed by atoms with E-state index in [4.69, 9.17) is 4.74 Å². The SMILES string of the molecule is COc1ccc(C)cc1NC(=O)C1C2CC3CC(C2)CC1C3. The molecule has 0 atom stereocenters. The quantitative estimate of drug-likeness (QED) is 0.915. The molecule has 22 heavy (non-hydrogen) atoms. The highest BCUT2D eigenvalue weighted by atomic mass is 16.5. The van der Waals surface area contributed by atoms with Crippen LogP contribution in [0.1, 0.15) is 37.7 Å². The summed E-state index contributed by atoms with van der Waals surface area (Å²) in [6, 6.07) is 5.95. The molecule has 3 nitrogen and oxygen atoms in total. The molecule has 1 aromatic rings. The van der Waals surface area contributed by atoms with E-state index in [2.05, 4.69) is 5.32 Å². The van der Waals surface area contributed by atoms with E-state index in [0.29, 0.717) is 11.8 Å². The van der Waals surface area contributed by atoms with Crippen LogP contribution < -0.4 is 10.1 Å². The number of benzene rings is 1. The number of nitrogens with one attached hydrogen (secondary N) is 1. The number of carbonyl (C=O) groups excluding carboxylic acids is 1. The molecule has 0 unspecified atom stereocenters. The van der Waals surface area contributed by atoms with Crippen molar-refractivity contribution in [1.82, 2.24) is 0 Å². The lowest BCUT2D eigenvalue weighted by molar-refractivity contribution is -0.132. The minimum Gasteiger partial charge on any atom is -0.495 e. The maximum atomic E-state index is 12.9. The molecule has 118 valence electrons. The van der Waals surface area contributed by atoms with E-state index in [1.165, 1.54) is 32.1 Å². The average Bonchev–Trinajstić information content (AvgIpc) is 2.46. The first-order chi connectivity index (χ1) is 10.6.